The molecule has 0 saturated carbocycles. The summed E-state index contributed by atoms with van der Waals surface area (Å²) in [5.74, 6) is 0. The first-order valence-electron chi connectivity index (χ1n) is 8.02. The lowest BCUT2D eigenvalue weighted by Crippen LogP contribution is -2.32. The van der Waals surface area contributed by atoms with E-state index in [1.807, 2.05) is 51.4 Å². The lowest BCUT2D eigenvalue weighted by atomic mass is 10.1. The van der Waals surface area contributed by atoms with E-state index in [0.717, 1.165) is 28.1 Å². The van der Waals surface area contributed by atoms with E-state index in [4.69, 9.17) is 0 Å². The van der Waals surface area contributed by atoms with Crippen LogP contribution in [0.3, 0.4) is 0 Å². The summed E-state index contributed by atoms with van der Waals surface area (Å²) in [6.45, 7) is 4.04. The molecular formula is C17H20N6OS. The molecule has 3 rings (SSSR count). The number of rotatable bonds is 5. The van der Waals surface area contributed by atoms with Gasteiger partial charge in [0.1, 0.15) is 5.01 Å². The monoisotopic (exact) mass is 356 g/mol. The number of carbonyl (C=O) groups excluding carboxylic acids is 1. The largest absolute Gasteiger partial charge is 0.331 e. The van der Waals surface area contributed by atoms with Crippen LogP contribution in [0.15, 0.2) is 36.7 Å². The zero-order valence-corrected chi connectivity index (χ0v) is 15.2. The quantitative estimate of drug-likeness (QED) is 0.732. The summed E-state index contributed by atoms with van der Waals surface area (Å²) in [5.41, 5.74) is 3.12. The molecule has 25 heavy (non-hydrogen) atoms. The van der Waals surface area contributed by atoms with Gasteiger partial charge in [0.25, 0.3) is 0 Å². The third-order valence-electron chi connectivity index (χ3n) is 3.86. The standard InChI is InChI=1S/C17H20N6OS/c1-4-14(12-9-18-23(3)10-12)19-16(24)20-17-22-21-15(25-17)13-8-6-5-7-11(13)2/h5-10,14H,4H2,1-3H3,(H2,19,20,22,24). The number of nitrogens with one attached hydrogen (secondary N) is 2. The van der Waals surface area contributed by atoms with E-state index in [0.29, 0.717) is 5.13 Å². The van der Waals surface area contributed by atoms with Crippen LogP contribution in [0.4, 0.5) is 9.93 Å². The lowest BCUT2D eigenvalue weighted by Gasteiger charge is -2.15. The van der Waals surface area contributed by atoms with Gasteiger partial charge in [0.15, 0.2) is 0 Å². The van der Waals surface area contributed by atoms with E-state index in [2.05, 4.69) is 25.9 Å². The normalized spacial score (nSPS) is 12.0. The maximum absolute atomic E-state index is 12.3. The van der Waals surface area contributed by atoms with Crippen molar-refractivity contribution < 1.29 is 4.79 Å². The molecule has 0 aliphatic heterocycles. The van der Waals surface area contributed by atoms with Gasteiger partial charge in [-0.15, -0.1) is 10.2 Å². The number of hydrogen-bond donors (Lipinski definition) is 2. The van der Waals surface area contributed by atoms with E-state index in [9.17, 15) is 4.79 Å². The summed E-state index contributed by atoms with van der Waals surface area (Å²) in [7, 11) is 1.85. The van der Waals surface area contributed by atoms with Gasteiger partial charge in [-0.05, 0) is 18.9 Å². The zero-order valence-electron chi connectivity index (χ0n) is 14.4. The molecule has 130 valence electrons. The Balaban J connectivity index is 1.66. The second kappa shape index (κ2) is 7.43. The number of aromatic nitrogens is 4. The summed E-state index contributed by atoms with van der Waals surface area (Å²) in [5, 5.41) is 19.3. The fourth-order valence-electron chi connectivity index (χ4n) is 2.53. The van der Waals surface area contributed by atoms with Crippen LogP contribution in [0.2, 0.25) is 0 Å². The molecule has 1 unspecified atom stereocenters. The van der Waals surface area contributed by atoms with Crippen molar-refractivity contribution in [2.45, 2.75) is 26.3 Å². The third-order valence-corrected chi connectivity index (χ3v) is 4.73. The number of nitrogens with zero attached hydrogens (tertiary/aromatic N) is 4. The minimum absolute atomic E-state index is 0.0996. The van der Waals surface area contributed by atoms with Crippen molar-refractivity contribution in [1.29, 1.82) is 0 Å². The molecule has 3 aromatic rings. The molecule has 0 aliphatic carbocycles. The average Bonchev–Trinajstić information content (AvgIpc) is 3.22. The second-order valence-electron chi connectivity index (χ2n) is 5.73. The van der Waals surface area contributed by atoms with Crippen LogP contribution in [0, 0.1) is 6.92 Å². The molecule has 2 aromatic heterocycles. The number of carbonyl (C=O) groups is 1. The Bertz CT molecular complexity index is 871. The molecule has 7 nitrogen and oxygen atoms in total. The fourth-order valence-corrected chi connectivity index (χ4v) is 3.36. The van der Waals surface area contributed by atoms with Crippen LogP contribution in [-0.4, -0.2) is 26.0 Å². The SMILES string of the molecule is CCC(NC(=O)Nc1nnc(-c2ccccc2C)s1)c1cnn(C)c1. The van der Waals surface area contributed by atoms with Gasteiger partial charge < -0.3 is 5.32 Å². The number of amides is 2. The van der Waals surface area contributed by atoms with Gasteiger partial charge in [0.2, 0.25) is 5.13 Å². The van der Waals surface area contributed by atoms with E-state index in [1.54, 1.807) is 10.9 Å². The van der Waals surface area contributed by atoms with Crippen LogP contribution < -0.4 is 10.6 Å². The van der Waals surface area contributed by atoms with Crippen LogP contribution >= 0.6 is 11.3 Å². The highest BCUT2D eigenvalue weighted by molar-refractivity contribution is 7.18. The fraction of sp³-hybridized carbons (Fsp3) is 0.294. The maximum Gasteiger partial charge on any atom is 0.321 e. The Kier molecular flexibility index (Phi) is 5.08. The smallest absolute Gasteiger partial charge is 0.321 e. The Morgan fingerprint density at radius 1 is 1.32 bits per heavy atom. The minimum Gasteiger partial charge on any atom is -0.331 e. The molecule has 0 aliphatic rings. The van der Waals surface area contributed by atoms with Gasteiger partial charge >= 0.3 is 6.03 Å². The third kappa shape index (κ3) is 4.03. The molecule has 2 heterocycles. The Morgan fingerprint density at radius 3 is 2.80 bits per heavy atom. The number of hydrogen-bond acceptors (Lipinski definition) is 5. The number of urea groups is 1. The predicted molar refractivity (Wildman–Crippen MR) is 98.5 cm³/mol. The van der Waals surface area contributed by atoms with Crippen molar-refractivity contribution in [2.75, 3.05) is 5.32 Å². The summed E-state index contributed by atoms with van der Waals surface area (Å²) in [6, 6.07) is 7.56. The highest BCUT2D eigenvalue weighted by Gasteiger charge is 2.16. The van der Waals surface area contributed by atoms with Crippen LogP contribution in [0.25, 0.3) is 10.6 Å². The van der Waals surface area contributed by atoms with Crippen molar-refractivity contribution >= 4 is 22.5 Å². The first-order chi connectivity index (χ1) is 12.1. The van der Waals surface area contributed by atoms with Crippen molar-refractivity contribution in [3.8, 4) is 10.6 Å². The van der Waals surface area contributed by atoms with Crippen molar-refractivity contribution in [3.63, 3.8) is 0 Å². The average molecular weight is 356 g/mol. The Labute approximate surface area is 150 Å². The molecule has 0 fully saturated rings. The molecule has 0 bridgehead atoms. The van der Waals surface area contributed by atoms with Crippen LogP contribution in [0.1, 0.15) is 30.5 Å². The lowest BCUT2D eigenvalue weighted by molar-refractivity contribution is 0.248. The van der Waals surface area contributed by atoms with Crippen molar-refractivity contribution in [2.24, 2.45) is 7.05 Å². The first-order valence-corrected chi connectivity index (χ1v) is 8.84. The summed E-state index contributed by atoms with van der Waals surface area (Å²) < 4.78 is 1.72. The maximum atomic E-state index is 12.3. The summed E-state index contributed by atoms with van der Waals surface area (Å²) >= 11 is 1.35. The molecule has 0 spiro atoms. The molecule has 2 N–H and O–H groups in total. The van der Waals surface area contributed by atoms with Crippen LogP contribution in [-0.2, 0) is 7.05 Å². The number of aryl methyl sites for hydroxylation is 2. The van der Waals surface area contributed by atoms with Gasteiger partial charge in [0.05, 0.1) is 12.2 Å². The minimum atomic E-state index is -0.303. The molecule has 1 atom stereocenters. The summed E-state index contributed by atoms with van der Waals surface area (Å²) in [6.07, 6.45) is 4.43. The molecular weight excluding hydrogens is 336 g/mol. The van der Waals surface area contributed by atoms with Gasteiger partial charge in [-0.1, -0.05) is 42.5 Å². The highest BCUT2D eigenvalue weighted by atomic mass is 32.1. The van der Waals surface area contributed by atoms with E-state index < -0.39 is 0 Å². The van der Waals surface area contributed by atoms with E-state index in [1.165, 1.54) is 11.3 Å². The Hall–Kier alpha value is -2.74. The Morgan fingerprint density at radius 2 is 2.12 bits per heavy atom. The van der Waals surface area contributed by atoms with Gasteiger partial charge in [-0.25, -0.2) is 4.79 Å². The van der Waals surface area contributed by atoms with E-state index >= 15 is 0 Å². The van der Waals surface area contributed by atoms with Crippen molar-refractivity contribution in [3.05, 3.63) is 47.8 Å². The molecule has 1 aromatic carbocycles. The van der Waals surface area contributed by atoms with Crippen LogP contribution in [0.5, 0.6) is 0 Å². The van der Waals surface area contributed by atoms with Gasteiger partial charge in [0, 0.05) is 24.4 Å². The topological polar surface area (TPSA) is 84.7 Å². The molecule has 8 heteroatoms. The molecule has 0 saturated heterocycles. The number of benzene rings is 1. The number of anilines is 1. The summed E-state index contributed by atoms with van der Waals surface area (Å²) in [4.78, 5) is 12.3. The molecule has 0 radical (unpaired) electrons. The van der Waals surface area contributed by atoms with Crippen molar-refractivity contribution in [1.82, 2.24) is 25.3 Å². The predicted octanol–water partition coefficient (Wildman–Crippen LogP) is 3.52. The van der Waals surface area contributed by atoms with Gasteiger partial charge in [-0.2, -0.15) is 5.10 Å². The molecule has 2 amide bonds. The zero-order chi connectivity index (χ0) is 17.8. The first kappa shape index (κ1) is 17.1. The van der Waals surface area contributed by atoms with Gasteiger partial charge in [-0.3, -0.25) is 10.00 Å². The van der Waals surface area contributed by atoms with E-state index in [-0.39, 0.29) is 12.1 Å². The second-order valence-corrected chi connectivity index (χ2v) is 6.71. The highest BCUT2D eigenvalue weighted by Crippen LogP contribution is 2.28.